The number of carbonyl (C=O) groups is 2. The van der Waals surface area contributed by atoms with Gasteiger partial charge >= 0.3 is 5.97 Å². The van der Waals surface area contributed by atoms with Crippen LogP contribution in [0.5, 0.6) is 0 Å². The van der Waals surface area contributed by atoms with Gasteiger partial charge in [0.2, 0.25) is 5.91 Å². The van der Waals surface area contributed by atoms with Gasteiger partial charge in [-0.2, -0.15) is 0 Å². The monoisotopic (exact) mass is 275 g/mol. The Balaban J connectivity index is 3.37. The second-order valence-corrected chi connectivity index (χ2v) is 4.50. The number of amides is 1. The van der Waals surface area contributed by atoms with E-state index in [1.807, 2.05) is 0 Å². The number of hydrogen-bond donors (Lipinski definition) is 2. The molecular formula is C11H11Cl2NO3. The first-order valence-corrected chi connectivity index (χ1v) is 5.51. The van der Waals surface area contributed by atoms with Crippen molar-refractivity contribution in [2.75, 3.05) is 0 Å². The Morgan fingerprint density at radius 1 is 1.35 bits per heavy atom. The summed E-state index contributed by atoms with van der Waals surface area (Å²) in [5, 5.41) is 11.9. The lowest BCUT2D eigenvalue weighted by Crippen LogP contribution is -2.49. The number of carboxylic acid groups (broad SMARTS) is 1. The first kappa shape index (κ1) is 13.8. The van der Waals surface area contributed by atoms with E-state index >= 15 is 0 Å². The molecule has 1 atom stereocenters. The van der Waals surface area contributed by atoms with Gasteiger partial charge in [-0.3, -0.25) is 4.79 Å². The number of carbonyl (C=O) groups excluding carboxylic acids is 1. The summed E-state index contributed by atoms with van der Waals surface area (Å²) >= 11 is 11.8. The van der Waals surface area contributed by atoms with Gasteiger partial charge in [0.1, 0.15) is 0 Å². The van der Waals surface area contributed by atoms with Gasteiger partial charge in [0, 0.05) is 12.5 Å². The van der Waals surface area contributed by atoms with Crippen molar-refractivity contribution in [1.82, 2.24) is 5.32 Å². The van der Waals surface area contributed by atoms with Crippen LogP contribution < -0.4 is 5.32 Å². The second kappa shape index (κ2) is 4.94. The van der Waals surface area contributed by atoms with Crippen LogP contribution in [0.15, 0.2) is 18.2 Å². The lowest BCUT2D eigenvalue weighted by Gasteiger charge is -2.27. The van der Waals surface area contributed by atoms with E-state index in [-0.39, 0.29) is 15.6 Å². The zero-order valence-electron chi connectivity index (χ0n) is 9.25. The Morgan fingerprint density at radius 3 is 2.41 bits per heavy atom. The molecule has 0 spiro atoms. The lowest BCUT2D eigenvalue weighted by molar-refractivity contribution is -0.147. The molecule has 1 aromatic rings. The highest BCUT2D eigenvalue weighted by Crippen LogP contribution is 2.33. The summed E-state index contributed by atoms with van der Waals surface area (Å²) in [7, 11) is 0. The van der Waals surface area contributed by atoms with Gasteiger partial charge in [0.05, 0.1) is 10.0 Å². The number of halogens is 2. The van der Waals surface area contributed by atoms with Crippen molar-refractivity contribution >= 4 is 35.1 Å². The molecule has 0 saturated carbocycles. The molecule has 0 heterocycles. The molecule has 1 amide bonds. The van der Waals surface area contributed by atoms with E-state index in [1.54, 1.807) is 12.1 Å². The van der Waals surface area contributed by atoms with E-state index in [0.717, 1.165) is 0 Å². The van der Waals surface area contributed by atoms with Crippen LogP contribution in [-0.2, 0) is 15.1 Å². The zero-order valence-corrected chi connectivity index (χ0v) is 10.8. The lowest BCUT2D eigenvalue weighted by atomic mass is 9.92. The molecule has 17 heavy (non-hydrogen) atoms. The number of rotatable bonds is 3. The third-order valence-corrected chi connectivity index (χ3v) is 3.16. The van der Waals surface area contributed by atoms with Gasteiger partial charge in [0.15, 0.2) is 5.54 Å². The molecule has 1 unspecified atom stereocenters. The molecule has 4 nitrogen and oxygen atoms in total. The third-order valence-electron chi connectivity index (χ3n) is 2.34. The van der Waals surface area contributed by atoms with Gasteiger partial charge in [-0.05, 0) is 13.0 Å². The largest absolute Gasteiger partial charge is 0.479 e. The Labute approximate surface area is 109 Å². The van der Waals surface area contributed by atoms with Gasteiger partial charge in [-0.1, -0.05) is 35.3 Å². The average molecular weight is 276 g/mol. The second-order valence-electron chi connectivity index (χ2n) is 3.71. The highest BCUT2D eigenvalue weighted by atomic mass is 35.5. The molecule has 2 N–H and O–H groups in total. The van der Waals surface area contributed by atoms with E-state index in [9.17, 15) is 14.7 Å². The number of benzene rings is 1. The highest BCUT2D eigenvalue weighted by Gasteiger charge is 2.38. The van der Waals surface area contributed by atoms with Crippen LogP contribution in [0.1, 0.15) is 19.4 Å². The zero-order chi connectivity index (χ0) is 13.2. The summed E-state index contributed by atoms with van der Waals surface area (Å²) in [5.41, 5.74) is -1.36. The van der Waals surface area contributed by atoms with E-state index in [4.69, 9.17) is 23.2 Å². The normalized spacial score (nSPS) is 13.9. The van der Waals surface area contributed by atoms with Crippen LogP contribution >= 0.6 is 23.2 Å². The van der Waals surface area contributed by atoms with Crippen LogP contribution in [0.4, 0.5) is 0 Å². The van der Waals surface area contributed by atoms with Crippen molar-refractivity contribution in [3.63, 3.8) is 0 Å². The molecule has 1 aromatic carbocycles. The number of nitrogens with one attached hydrogen (secondary N) is 1. The molecule has 92 valence electrons. The van der Waals surface area contributed by atoms with Crippen LogP contribution in [0.3, 0.4) is 0 Å². The first-order valence-electron chi connectivity index (χ1n) is 4.75. The third kappa shape index (κ3) is 2.70. The molecule has 0 saturated heterocycles. The van der Waals surface area contributed by atoms with Crippen molar-refractivity contribution in [3.8, 4) is 0 Å². The minimum atomic E-state index is -1.60. The van der Waals surface area contributed by atoms with Crippen LogP contribution in [0.25, 0.3) is 0 Å². The summed E-state index contributed by atoms with van der Waals surface area (Å²) in [4.78, 5) is 22.4. The van der Waals surface area contributed by atoms with Gasteiger partial charge < -0.3 is 10.4 Å². The molecule has 0 aliphatic rings. The number of hydrogen-bond acceptors (Lipinski definition) is 2. The van der Waals surface area contributed by atoms with Gasteiger partial charge in [-0.25, -0.2) is 4.79 Å². The van der Waals surface area contributed by atoms with Crippen molar-refractivity contribution in [2.45, 2.75) is 19.4 Å². The summed E-state index contributed by atoms with van der Waals surface area (Å²) in [6.45, 7) is 2.59. The summed E-state index contributed by atoms with van der Waals surface area (Å²) in [5.74, 6) is -1.68. The molecule has 0 aliphatic carbocycles. The fraction of sp³-hybridized carbons (Fsp3) is 0.273. The maximum atomic E-state index is 11.3. The predicted molar refractivity (Wildman–Crippen MR) is 65.3 cm³/mol. The van der Waals surface area contributed by atoms with Crippen LogP contribution in [0, 0.1) is 0 Å². The average Bonchev–Trinajstić information content (AvgIpc) is 2.20. The van der Waals surface area contributed by atoms with Crippen molar-refractivity contribution < 1.29 is 14.7 Å². The number of carboxylic acids is 1. The summed E-state index contributed by atoms with van der Waals surface area (Å²) in [6, 6.07) is 4.63. The Hall–Kier alpha value is -1.26. The minimum absolute atomic E-state index is 0.118. The van der Waals surface area contributed by atoms with Gasteiger partial charge in [-0.15, -0.1) is 0 Å². The summed E-state index contributed by atoms with van der Waals surface area (Å²) < 4.78 is 0. The van der Waals surface area contributed by atoms with E-state index in [0.29, 0.717) is 0 Å². The Kier molecular flexibility index (Phi) is 4.01. The van der Waals surface area contributed by atoms with Gasteiger partial charge in [0.25, 0.3) is 0 Å². The standard InChI is InChI=1S/C11H11Cl2NO3/c1-6(15)14-11(2,10(16)17)7-4-3-5-8(12)9(7)13/h3-5H,1-2H3,(H,14,15)(H,16,17). The molecule has 0 aliphatic heterocycles. The molecule has 6 heteroatoms. The fourth-order valence-corrected chi connectivity index (χ4v) is 1.97. The Morgan fingerprint density at radius 2 is 1.94 bits per heavy atom. The van der Waals surface area contributed by atoms with Crippen LogP contribution in [-0.4, -0.2) is 17.0 Å². The molecular weight excluding hydrogens is 265 g/mol. The quantitative estimate of drug-likeness (QED) is 0.891. The first-order chi connectivity index (χ1) is 7.79. The predicted octanol–water partition coefficient (Wildman–Crippen LogP) is 2.43. The fourth-order valence-electron chi connectivity index (χ4n) is 1.48. The molecule has 1 rings (SSSR count). The molecule has 0 bridgehead atoms. The SMILES string of the molecule is CC(=O)NC(C)(C(=O)O)c1cccc(Cl)c1Cl. The molecule has 0 fully saturated rings. The van der Waals surface area contributed by atoms with Crippen molar-refractivity contribution in [3.05, 3.63) is 33.8 Å². The smallest absolute Gasteiger partial charge is 0.333 e. The number of aliphatic carboxylic acids is 1. The highest BCUT2D eigenvalue weighted by molar-refractivity contribution is 6.42. The van der Waals surface area contributed by atoms with Crippen molar-refractivity contribution in [2.24, 2.45) is 0 Å². The van der Waals surface area contributed by atoms with E-state index < -0.39 is 17.4 Å². The van der Waals surface area contributed by atoms with E-state index in [2.05, 4.69) is 5.32 Å². The minimum Gasteiger partial charge on any atom is -0.479 e. The summed E-state index contributed by atoms with van der Waals surface area (Å²) in [6.07, 6.45) is 0. The van der Waals surface area contributed by atoms with Crippen LogP contribution in [0.2, 0.25) is 10.0 Å². The van der Waals surface area contributed by atoms with E-state index in [1.165, 1.54) is 19.9 Å². The maximum absolute atomic E-state index is 11.3. The maximum Gasteiger partial charge on any atom is 0.333 e. The Bertz CT molecular complexity index is 476. The van der Waals surface area contributed by atoms with Crippen molar-refractivity contribution in [1.29, 1.82) is 0 Å². The molecule has 0 radical (unpaired) electrons. The topological polar surface area (TPSA) is 66.4 Å². The molecule has 0 aromatic heterocycles.